The summed E-state index contributed by atoms with van der Waals surface area (Å²) in [5, 5.41) is 21.7. The van der Waals surface area contributed by atoms with Crippen LogP contribution in [-0.4, -0.2) is 16.7 Å². The van der Waals surface area contributed by atoms with E-state index in [2.05, 4.69) is 0 Å². The van der Waals surface area contributed by atoms with Crippen LogP contribution in [0.3, 0.4) is 0 Å². The summed E-state index contributed by atoms with van der Waals surface area (Å²) in [7, 11) is 0. The minimum Gasteiger partial charge on any atom is -0.507 e. The molecule has 3 aromatic rings. The molecule has 2 aliphatic rings. The highest BCUT2D eigenvalue weighted by Crippen LogP contribution is 2.52. The molecule has 0 radical (unpaired) electrons. The molecule has 7 heteroatoms. The van der Waals surface area contributed by atoms with Gasteiger partial charge in [0, 0.05) is 50.4 Å². The second kappa shape index (κ2) is 9.47. The SMILES string of the molecule is CC1(C)CC(=O)C2=C(C1)N(c1cc(Cl)cc(Cl)c1)C(=N)/C(=C(/O)c1ccccc1)C2c1ccccc1F. The molecule has 37 heavy (non-hydrogen) atoms. The Labute approximate surface area is 225 Å². The largest absolute Gasteiger partial charge is 0.507 e. The number of nitrogens with zero attached hydrogens (tertiary/aromatic N) is 1. The molecule has 0 saturated carbocycles. The minimum absolute atomic E-state index is 0.0720. The molecule has 5 rings (SSSR count). The van der Waals surface area contributed by atoms with Gasteiger partial charge in [-0.15, -0.1) is 0 Å². The van der Waals surface area contributed by atoms with E-state index in [4.69, 9.17) is 23.2 Å². The summed E-state index contributed by atoms with van der Waals surface area (Å²) in [5.74, 6) is -1.89. The van der Waals surface area contributed by atoms with Gasteiger partial charge in [0.1, 0.15) is 17.4 Å². The third kappa shape index (κ3) is 4.58. The number of allylic oxidation sites excluding steroid dienone is 2. The fourth-order valence-corrected chi connectivity index (χ4v) is 5.85. The molecule has 1 unspecified atom stereocenters. The lowest BCUT2D eigenvalue weighted by molar-refractivity contribution is -0.118. The Morgan fingerprint density at radius 2 is 1.62 bits per heavy atom. The van der Waals surface area contributed by atoms with E-state index in [9.17, 15) is 15.3 Å². The molecule has 2 N–H and O–H groups in total. The fraction of sp³-hybridized carbons (Fsp3) is 0.200. The topological polar surface area (TPSA) is 64.4 Å². The zero-order chi connectivity index (χ0) is 26.5. The molecular weight excluding hydrogens is 510 g/mol. The quantitative estimate of drug-likeness (QED) is 0.332. The Kier molecular flexibility index (Phi) is 6.47. The van der Waals surface area contributed by atoms with Gasteiger partial charge in [-0.05, 0) is 36.1 Å². The molecule has 1 aliphatic carbocycles. The molecule has 1 heterocycles. The number of aliphatic hydroxyl groups excluding tert-OH is 1. The molecule has 4 nitrogen and oxygen atoms in total. The molecule has 0 spiro atoms. The number of rotatable bonds is 3. The summed E-state index contributed by atoms with van der Waals surface area (Å²) in [5.41, 5.74) is 1.88. The molecule has 1 atom stereocenters. The third-order valence-corrected chi connectivity index (χ3v) is 7.28. The van der Waals surface area contributed by atoms with Gasteiger partial charge in [0.15, 0.2) is 5.78 Å². The highest BCUT2D eigenvalue weighted by molar-refractivity contribution is 6.35. The number of anilines is 1. The number of carbonyl (C=O) groups excluding carboxylic acids is 1. The number of nitrogens with one attached hydrogen (secondary N) is 1. The van der Waals surface area contributed by atoms with E-state index in [1.807, 2.05) is 19.9 Å². The average molecular weight is 535 g/mol. The van der Waals surface area contributed by atoms with Crippen LogP contribution >= 0.6 is 23.2 Å². The average Bonchev–Trinajstić information content (AvgIpc) is 2.82. The van der Waals surface area contributed by atoms with Crippen molar-refractivity contribution in [3.63, 3.8) is 0 Å². The van der Waals surface area contributed by atoms with Crippen LogP contribution in [0, 0.1) is 16.6 Å². The summed E-state index contributed by atoms with van der Waals surface area (Å²) < 4.78 is 15.3. The van der Waals surface area contributed by atoms with E-state index in [1.165, 1.54) is 6.07 Å². The Morgan fingerprint density at radius 3 is 2.27 bits per heavy atom. The standard InChI is InChI=1S/C30H25Cl2FN2O2/c1-30(2)15-23-26(24(36)16-30)25(21-10-6-7-11-22(21)33)27(28(37)17-8-4-3-5-9-17)29(34)35(23)20-13-18(31)12-19(32)14-20/h3-14,25,34,37H,15-16H2,1-2H3/b28-27+,34-29?. The maximum absolute atomic E-state index is 15.3. The molecule has 188 valence electrons. The van der Waals surface area contributed by atoms with Crippen molar-refractivity contribution >= 4 is 46.3 Å². The van der Waals surface area contributed by atoms with E-state index in [0.29, 0.717) is 39.0 Å². The van der Waals surface area contributed by atoms with E-state index in [0.717, 1.165) is 0 Å². The molecule has 0 aromatic heterocycles. The smallest absolute Gasteiger partial charge is 0.162 e. The first-order valence-electron chi connectivity index (χ1n) is 11.9. The number of aliphatic hydroxyl groups is 1. The van der Waals surface area contributed by atoms with Gasteiger partial charge in [0.2, 0.25) is 0 Å². The third-order valence-electron chi connectivity index (χ3n) is 6.85. The predicted molar refractivity (Wildman–Crippen MR) is 147 cm³/mol. The van der Waals surface area contributed by atoms with Crippen LogP contribution in [0.1, 0.15) is 43.7 Å². The van der Waals surface area contributed by atoms with Crippen LogP contribution in [0.2, 0.25) is 10.0 Å². The lowest BCUT2D eigenvalue weighted by atomic mass is 9.67. The van der Waals surface area contributed by atoms with Gasteiger partial charge >= 0.3 is 0 Å². The highest BCUT2D eigenvalue weighted by Gasteiger charge is 2.47. The van der Waals surface area contributed by atoms with Gasteiger partial charge in [-0.3, -0.25) is 15.1 Å². The number of carbonyl (C=O) groups is 1. The van der Waals surface area contributed by atoms with Crippen molar-refractivity contribution in [3.8, 4) is 0 Å². The van der Waals surface area contributed by atoms with E-state index in [1.54, 1.807) is 65.6 Å². The van der Waals surface area contributed by atoms with E-state index >= 15 is 4.39 Å². The molecule has 0 bridgehead atoms. The number of Topliss-reactive ketones (excluding diaryl/α,β-unsaturated/α-hetero) is 1. The Bertz CT molecular complexity index is 1470. The summed E-state index contributed by atoms with van der Waals surface area (Å²) in [6.45, 7) is 3.98. The van der Waals surface area contributed by atoms with Crippen LogP contribution < -0.4 is 4.90 Å². The van der Waals surface area contributed by atoms with E-state index in [-0.39, 0.29) is 40.4 Å². The van der Waals surface area contributed by atoms with Gasteiger partial charge in [0.25, 0.3) is 0 Å². The number of ketones is 1. The van der Waals surface area contributed by atoms with Gasteiger partial charge in [-0.1, -0.05) is 85.6 Å². The lowest BCUT2D eigenvalue weighted by Crippen LogP contribution is -2.45. The first-order valence-corrected chi connectivity index (χ1v) is 12.7. The van der Waals surface area contributed by atoms with E-state index < -0.39 is 11.7 Å². The Balaban J connectivity index is 1.89. The predicted octanol–water partition coefficient (Wildman–Crippen LogP) is 8.33. The van der Waals surface area contributed by atoms with Crippen LogP contribution in [-0.2, 0) is 4.79 Å². The van der Waals surface area contributed by atoms with Crippen LogP contribution in [0.15, 0.2) is 89.6 Å². The van der Waals surface area contributed by atoms with Crippen LogP contribution in [0.5, 0.6) is 0 Å². The molecular formula is C30H25Cl2FN2O2. The molecule has 1 aliphatic heterocycles. The zero-order valence-corrected chi connectivity index (χ0v) is 21.9. The molecule has 3 aromatic carbocycles. The number of halogens is 3. The molecule has 0 amide bonds. The van der Waals surface area contributed by atoms with Gasteiger partial charge in [-0.2, -0.15) is 0 Å². The fourth-order valence-electron chi connectivity index (χ4n) is 5.34. The number of benzene rings is 3. The zero-order valence-electron chi connectivity index (χ0n) is 20.4. The Hall–Kier alpha value is -3.41. The first kappa shape index (κ1) is 25.2. The van der Waals surface area contributed by atoms with Crippen molar-refractivity contribution in [1.29, 1.82) is 5.41 Å². The van der Waals surface area contributed by atoms with Gasteiger partial charge < -0.3 is 5.11 Å². The minimum atomic E-state index is -0.960. The van der Waals surface area contributed by atoms with Crippen molar-refractivity contribution in [2.75, 3.05) is 4.90 Å². The maximum atomic E-state index is 15.3. The van der Waals surface area contributed by atoms with Crippen molar-refractivity contribution in [2.24, 2.45) is 5.41 Å². The molecule has 0 saturated heterocycles. The summed E-state index contributed by atoms with van der Waals surface area (Å²) in [4.78, 5) is 15.5. The van der Waals surface area contributed by atoms with Crippen molar-refractivity contribution in [2.45, 2.75) is 32.6 Å². The van der Waals surface area contributed by atoms with Crippen molar-refractivity contribution < 1.29 is 14.3 Å². The van der Waals surface area contributed by atoms with Crippen molar-refractivity contribution in [1.82, 2.24) is 0 Å². The summed E-state index contributed by atoms with van der Waals surface area (Å²) in [6, 6.07) is 19.9. The second-order valence-corrected chi connectivity index (χ2v) is 11.1. The Morgan fingerprint density at radius 1 is 1.00 bits per heavy atom. The van der Waals surface area contributed by atoms with Crippen LogP contribution in [0.25, 0.3) is 5.76 Å². The number of amidine groups is 1. The van der Waals surface area contributed by atoms with Gasteiger partial charge in [0.05, 0.1) is 5.69 Å². The van der Waals surface area contributed by atoms with Gasteiger partial charge in [-0.25, -0.2) is 4.39 Å². The number of hydrogen-bond acceptors (Lipinski definition) is 3. The highest BCUT2D eigenvalue weighted by atomic mass is 35.5. The normalized spacial score (nSPS) is 20.7. The second-order valence-electron chi connectivity index (χ2n) is 10.2. The first-order chi connectivity index (χ1) is 17.6. The maximum Gasteiger partial charge on any atom is 0.162 e. The monoisotopic (exact) mass is 534 g/mol. The number of hydrogen-bond donors (Lipinski definition) is 2. The summed E-state index contributed by atoms with van der Waals surface area (Å²) >= 11 is 12.7. The summed E-state index contributed by atoms with van der Waals surface area (Å²) in [6.07, 6.45) is 0.721. The lowest BCUT2D eigenvalue weighted by Gasteiger charge is -2.45. The van der Waals surface area contributed by atoms with Crippen molar-refractivity contribution in [3.05, 3.63) is 117 Å². The van der Waals surface area contributed by atoms with Crippen LogP contribution in [0.4, 0.5) is 10.1 Å². The molecule has 0 fully saturated rings.